The zero-order valence-electron chi connectivity index (χ0n) is 9.17. The SMILES string of the molecule is C=C1C=CC(O)=C(n2n3c4ccccc4n23)C1. The number of allylic oxidation sites excluding steroid dienone is 4. The van der Waals surface area contributed by atoms with Crippen LogP contribution < -0.4 is 0 Å². The summed E-state index contributed by atoms with van der Waals surface area (Å²) in [4.78, 5) is 1.98. The molecule has 0 radical (unpaired) electrons. The highest BCUT2D eigenvalue weighted by Crippen LogP contribution is 2.31. The topological polar surface area (TPSA) is 34.0 Å². The molecule has 1 aromatic carbocycles. The van der Waals surface area contributed by atoms with Crippen LogP contribution in [0.4, 0.5) is 0 Å². The van der Waals surface area contributed by atoms with E-state index in [0.29, 0.717) is 12.2 Å². The molecule has 0 saturated carbocycles. The normalized spacial score (nSPS) is 17.1. The molecule has 0 bridgehead atoms. The standard InChI is InChI=1S/C13H11N3O/c1-9-6-7-13(17)12(8-9)16-14-10-4-2-3-5-11(10)15(14)16/h2-7,17H,1,8H2. The fourth-order valence-electron chi connectivity index (χ4n) is 2.35. The minimum absolute atomic E-state index is 0.317. The van der Waals surface area contributed by atoms with E-state index in [-0.39, 0.29) is 0 Å². The Bertz CT molecular complexity index is 752. The van der Waals surface area contributed by atoms with E-state index in [1.807, 2.05) is 32.3 Å². The predicted octanol–water partition coefficient (Wildman–Crippen LogP) is 2.67. The van der Waals surface area contributed by atoms with E-state index < -0.39 is 0 Å². The zero-order valence-corrected chi connectivity index (χ0v) is 9.17. The second-order valence-corrected chi connectivity index (χ2v) is 4.36. The van der Waals surface area contributed by atoms with E-state index >= 15 is 0 Å². The van der Waals surface area contributed by atoms with Crippen molar-refractivity contribution in [3.05, 3.63) is 54.3 Å². The van der Waals surface area contributed by atoms with Crippen LogP contribution in [0.1, 0.15) is 6.42 Å². The Morgan fingerprint density at radius 1 is 1.06 bits per heavy atom. The summed E-state index contributed by atoms with van der Waals surface area (Å²) in [5, 5.41) is 9.90. The molecule has 4 nitrogen and oxygen atoms in total. The third-order valence-corrected chi connectivity index (χ3v) is 3.23. The molecule has 0 amide bonds. The highest BCUT2D eigenvalue weighted by atomic mass is 16.3. The smallest absolute Gasteiger partial charge is 0.139 e. The quantitative estimate of drug-likeness (QED) is 0.678. The van der Waals surface area contributed by atoms with Crippen LogP contribution in [0, 0.1) is 0 Å². The van der Waals surface area contributed by atoms with Crippen LogP contribution in [0.15, 0.2) is 54.3 Å². The van der Waals surface area contributed by atoms with Gasteiger partial charge in [0.05, 0.1) is 0 Å². The summed E-state index contributed by atoms with van der Waals surface area (Å²) < 4.78 is 4.07. The van der Waals surface area contributed by atoms with Crippen LogP contribution in [0.3, 0.4) is 0 Å². The molecule has 2 heterocycles. The Balaban J connectivity index is 1.93. The molecule has 2 aromatic heterocycles. The fraction of sp³-hybridized carbons (Fsp3) is 0.0769. The molecule has 1 N–H and O–H groups in total. The third-order valence-electron chi connectivity index (χ3n) is 3.23. The summed E-state index contributed by atoms with van der Waals surface area (Å²) in [5.41, 5.74) is 4.24. The van der Waals surface area contributed by atoms with E-state index in [2.05, 4.69) is 18.7 Å². The first-order valence-electron chi connectivity index (χ1n) is 5.54. The Hall–Kier alpha value is -2.36. The van der Waals surface area contributed by atoms with Gasteiger partial charge in [0.1, 0.15) is 22.5 Å². The summed E-state index contributed by atoms with van der Waals surface area (Å²) in [6.45, 7) is 3.93. The molecule has 0 aliphatic heterocycles. The van der Waals surface area contributed by atoms with Gasteiger partial charge in [-0.1, -0.05) is 24.8 Å². The molecule has 84 valence electrons. The third kappa shape index (κ3) is 0.970. The second kappa shape index (κ2) is 2.66. The molecule has 4 rings (SSSR count). The highest BCUT2D eigenvalue weighted by molar-refractivity contribution is 5.80. The van der Waals surface area contributed by atoms with Gasteiger partial charge in [0.25, 0.3) is 0 Å². The molecule has 0 atom stereocenters. The van der Waals surface area contributed by atoms with Crippen molar-refractivity contribution in [1.29, 1.82) is 0 Å². The van der Waals surface area contributed by atoms with Crippen LogP contribution in [0.5, 0.6) is 0 Å². The predicted molar refractivity (Wildman–Crippen MR) is 66.3 cm³/mol. The number of aromatic nitrogens is 3. The summed E-state index contributed by atoms with van der Waals surface area (Å²) in [6.07, 6.45) is 4.23. The average molecular weight is 225 g/mol. The van der Waals surface area contributed by atoms with E-state index in [1.54, 1.807) is 6.08 Å². The van der Waals surface area contributed by atoms with Crippen LogP contribution in [-0.4, -0.2) is 19.2 Å². The maximum Gasteiger partial charge on any atom is 0.139 e. The first-order chi connectivity index (χ1) is 8.27. The maximum absolute atomic E-state index is 9.90. The van der Waals surface area contributed by atoms with Gasteiger partial charge >= 0.3 is 0 Å². The van der Waals surface area contributed by atoms with Gasteiger partial charge in [-0.05, 0) is 23.8 Å². The number of aliphatic hydroxyl groups is 1. The van der Waals surface area contributed by atoms with Crippen molar-refractivity contribution in [2.75, 3.05) is 0 Å². The molecular weight excluding hydrogens is 214 g/mol. The van der Waals surface area contributed by atoms with Gasteiger partial charge in [-0.3, -0.25) is 0 Å². The summed E-state index contributed by atoms with van der Waals surface area (Å²) in [5.74, 6) is 0.317. The maximum atomic E-state index is 9.90. The van der Waals surface area contributed by atoms with Crippen LogP contribution >= 0.6 is 0 Å². The minimum atomic E-state index is 0.317. The van der Waals surface area contributed by atoms with Gasteiger partial charge in [-0.25, -0.2) is 0 Å². The van der Waals surface area contributed by atoms with Gasteiger partial charge in [0.15, 0.2) is 0 Å². The largest absolute Gasteiger partial charge is 0.506 e. The molecule has 4 heteroatoms. The lowest BCUT2D eigenvalue weighted by Gasteiger charge is -2.08. The summed E-state index contributed by atoms with van der Waals surface area (Å²) >= 11 is 0. The summed E-state index contributed by atoms with van der Waals surface area (Å²) in [7, 11) is 0. The van der Waals surface area contributed by atoms with E-state index in [1.165, 1.54) is 11.0 Å². The highest BCUT2D eigenvalue weighted by Gasteiger charge is 2.27. The number of fused-ring (bicyclic) bond motifs is 4. The van der Waals surface area contributed by atoms with Crippen LogP contribution in [-0.2, 0) is 0 Å². The van der Waals surface area contributed by atoms with Gasteiger partial charge in [0, 0.05) is 6.42 Å². The van der Waals surface area contributed by atoms with E-state index in [9.17, 15) is 5.11 Å². The number of benzene rings is 1. The van der Waals surface area contributed by atoms with Crippen LogP contribution in [0.2, 0.25) is 0 Å². The monoisotopic (exact) mass is 225 g/mol. The Morgan fingerprint density at radius 3 is 2.35 bits per heavy atom. The van der Waals surface area contributed by atoms with Crippen molar-refractivity contribution in [3.63, 3.8) is 0 Å². The number of nitrogens with zero attached hydrogens (tertiary/aromatic N) is 3. The van der Waals surface area contributed by atoms with Crippen molar-refractivity contribution in [3.8, 4) is 0 Å². The lowest BCUT2D eigenvalue weighted by Crippen LogP contribution is -1.99. The van der Waals surface area contributed by atoms with Gasteiger partial charge in [0.2, 0.25) is 0 Å². The lowest BCUT2D eigenvalue weighted by atomic mass is 10.1. The molecule has 1 aliphatic rings. The summed E-state index contributed by atoms with van der Waals surface area (Å²) in [6, 6.07) is 8.16. The first-order valence-corrected chi connectivity index (χ1v) is 5.54. The lowest BCUT2D eigenvalue weighted by molar-refractivity contribution is 0.428. The molecule has 0 spiro atoms. The Labute approximate surface area is 97.2 Å². The van der Waals surface area contributed by atoms with Gasteiger partial charge < -0.3 is 5.11 Å². The van der Waals surface area contributed by atoms with Crippen molar-refractivity contribution < 1.29 is 5.11 Å². The Kier molecular flexibility index (Phi) is 1.37. The number of hydrogen-bond acceptors (Lipinski definition) is 1. The average Bonchev–Trinajstić information content (AvgIpc) is 2.98. The molecular formula is C13H11N3O. The number of aliphatic hydroxyl groups excluding tert-OH is 1. The van der Waals surface area contributed by atoms with Crippen molar-refractivity contribution in [2.24, 2.45) is 0 Å². The number of rotatable bonds is 1. The molecule has 17 heavy (non-hydrogen) atoms. The second-order valence-electron chi connectivity index (χ2n) is 4.36. The number of hydrogen-bond donors (Lipinski definition) is 1. The van der Waals surface area contributed by atoms with E-state index in [4.69, 9.17) is 0 Å². The van der Waals surface area contributed by atoms with Crippen molar-refractivity contribution >= 4 is 16.7 Å². The van der Waals surface area contributed by atoms with Crippen molar-refractivity contribution in [2.45, 2.75) is 6.42 Å². The Morgan fingerprint density at radius 2 is 1.71 bits per heavy atom. The molecule has 0 saturated heterocycles. The zero-order chi connectivity index (χ0) is 11.6. The van der Waals surface area contributed by atoms with Gasteiger partial charge in [-0.15, -0.1) is 9.26 Å². The van der Waals surface area contributed by atoms with Gasteiger partial charge in [-0.2, -0.15) is 4.80 Å². The van der Waals surface area contributed by atoms with Crippen LogP contribution in [0.25, 0.3) is 16.7 Å². The fourth-order valence-corrected chi connectivity index (χ4v) is 2.35. The molecule has 0 unspecified atom stereocenters. The minimum Gasteiger partial charge on any atom is -0.506 e. The van der Waals surface area contributed by atoms with Crippen molar-refractivity contribution in [1.82, 2.24) is 14.1 Å². The van der Waals surface area contributed by atoms with E-state index in [0.717, 1.165) is 11.3 Å². The molecule has 0 fully saturated rings. The molecule has 3 aromatic rings. The first kappa shape index (κ1) is 8.75. The molecule has 1 aliphatic carbocycles. The number of para-hydroxylation sites is 2.